The number of benzene rings is 2. The van der Waals surface area contributed by atoms with Crippen LogP contribution in [0.2, 0.25) is 0 Å². The molecule has 2 aromatic rings. The second-order valence-corrected chi connectivity index (χ2v) is 4.63. The van der Waals surface area contributed by atoms with Crippen molar-refractivity contribution >= 4 is 0 Å². The number of hydrogen-bond acceptors (Lipinski definition) is 1. The van der Waals surface area contributed by atoms with Gasteiger partial charge in [-0.3, -0.25) is 0 Å². The van der Waals surface area contributed by atoms with E-state index in [1.807, 2.05) is 0 Å². The summed E-state index contributed by atoms with van der Waals surface area (Å²) in [5, 5.41) is 0. The molecule has 0 aliphatic heterocycles. The van der Waals surface area contributed by atoms with Crippen molar-refractivity contribution in [3.05, 3.63) is 71.8 Å². The average molecular weight is 298 g/mol. The zero-order valence-corrected chi connectivity index (χ0v) is 11.1. The molecule has 0 N–H and O–H groups in total. The van der Waals surface area contributed by atoms with Crippen LogP contribution in [0.1, 0.15) is 11.1 Å². The summed E-state index contributed by atoms with van der Waals surface area (Å²) in [5.74, 6) is -6.60. The smallest absolute Gasteiger partial charge is 0.296 e. The van der Waals surface area contributed by atoms with Crippen molar-refractivity contribution < 1.29 is 22.3 Å². The molecule has 0 radical (unpaired) electrons. The Morgan fingerprint density at radius 3 is 1.29 bits per heavy atom. The Balaban J connectivity index is 1.95. The van der Waals surface area contributed by atoms with Gasteiger partial charge in [-0.05, 0) is 0 Å². The van der Waals surface area contributed by atoms with Gasteiger partial charge in [0, 0.05) is 11.1 Å². The van der Waals surface area contributed by atoms with Crippen molar-refractivity contribution in [2.75, 3.05) is 13.2 Å². The first kappa shape index (κ1) is 15.5. The normalized spacial score (nSPS) is 12.4. The van der Waals surface area contributed by atoms with E-state index in [4.69, 9.17) is 0 Å². The predicted molar refractivity (Wildman–Crippen MR) is 71.5 cm³/mol. The summed E-state index contributed by atoms with van der Waals surface area (Å²) in [5.41, 5.74) is -0.513. The molecule has 0 atom stereocenters. The Morgan fingerprint density at radius 1 is 0.619 bits per heavy atom. The van der Waals surface area contributed by atoms with E-state index in [-0.39, 0.29) is 11.1 Å². The first-order chi connectivity index (χ1) is 9.92. The number of rotatable bonds is 6. The summed E-state index contributed by atoms with van der Waals surface area (Å²) in [7, 11) is 0. The predicted octanol–water partition coefficient (Wildman–Crippen LogP) is 4.59. The van der Waals surface area contributed by atoms with Crippen LogP contribution in [-0.4, -0.2) is 13.2 Å². The van der Waals surface area contributed by atoms with E-state index in [0.717, 1.165) is 0 Å². The van der Waals surface area contributed by atoms with Gasteiger partial charge in [-0.2, -0.15) is 17.6 Å². The van der Waals surface area contributed by atoms with E-state index in [1.165, 1.54) is 48.5 Å². The molecule has 0 amide bonds. The lowest BCUT2D eigenvalue weighted by Crippen LogP contribution is -2.27. The van der Waals surface area contributed by atoms with Gasteiger partial charge in [0.25, 0.3) is 11.8 Å². The average Bonchev–Trinajstić information content (AvgIpc) is 2.49. The molecule has 0 unspecified atom stereocenters. The molecule has 21 heavy (non-hydrogen) atoms. The molecular weight excluding hydrogens is 284 g/mol. The molecule has 2 aromatic carbocycles. The summed E-state index contributed by atoms with van der Waals surface area (Å²) >= 11 is 0. The van der Waals surface area contributed by atoms with Gasteiger partial charge in [-0.25, -0.2) is 0 Å². The highest BCUT2D eigenvalue weighted by Crippen LogP contribution is 2.31. The summed E-state index contributed by atoms with van der Waals surface area (Å²) < 4.78 is 59.6. The Morgan fingerprint density at radius 2 is 0.952 bits per heavy atom. The molecule has 1 nitrogen and oxygen atoms in total. The molecule has 0 fully saturated rings. The second kappa shape index (κ2) is 6.26. The topological polar surface area (TPSA) is 9.23 Å². The lowest BCUT2D eigenvalue weighted by Gasteiger charge is -2.20. The van der Waals surface area contributed by atoms with E-state index in [0.29, 0.717) is 0 Å². The zero-order valence-electron chi connectivity index (χ0n) is 11.1. The quantitative estimate of drug-likeness (QED) is 0.709. The van der Waals surface area contributed by atoms with Crippen molar-refractivity contribution in [3.8, 4) is 0 Å². The first-order valence-corrected chi connectivity index (χ1v) is 6.36. The van der Waals surface area contributed by atoms with Crippen LogP contribution in [0.3, 0.4) is 0 Å². The fourth-order valence-electron chi connectivity index (χ4n) is 1.84. The maximum atomic E-state index is 13.8. The van der Waals surface area contributed by atoms with Crippen LogP contribution in [0, 0.1) is 0 Å². The molecule has 0 aliphatic carbocycles. The largest absolute Gasteiger partial charge is 0.368 e. The van der Waals surface area contributed by atoms with Crippen LogP contribution in [0.5, 0.6) is 0 Å². The van der Waals surface area contributed by atoms with Crippen LogP contribution in [-0.2, 0) is 16.6 Å². The highest BCUT2D eigenvalue weighted by molar-refractivity contribution is 5.21. The number of alkyl halides is 4. The van der Waals surface area contributed by atoms with Crippen LogP contribution in [0.15, 0.2) is 60.7 Å². The molecule has 0 aliphatic rings. The number of hydrogen-bond donors (Lipinski definition) is 0. The fourth-order valence-corrected chi connectivity index (χ4v) is 1.84. The van der Waals surface area contributed by atoms with E-state index < -0.39 is 25.1 Å². The minimum atomic E-state index is -3.30. The number of ether oxygens (including phenoxy) is 1. The van der Waals surface area contributed by atoms with Crippen LogP contribution < -0.4 is 0 Å². The van der Waals surface area contributed by atoms with Gasteiger partial charge in [-0.1, -0.05) is 60.7 Å². The lowest BCUT2D eigenvalue weighted by atomic mass is 10.1. The van der Waals surface area contributed by atoms with Crippen molar-refractivity contribution in [1.29, 1.82) is 0 Å². The summed E-state index contributed by atoms with van der Waals surface area (Å²) in [6.45, 7) is -2.17. The summed E-state index contributed by atoms with van der Waals surface area (Å²) in [6.07, 6.45) is 0. The van der Waals surface area contributed by atoms with Gasteiger partial charge in [0.05, 0.1) is 0 Å². The SMILES string of the molecule is FC(F)(COCC(F)(F)c1ccccc1)c1ccccc1. The Labute approximate surface area is 120 Å². The third-order valence-corrected chi connectivity index (χ3v) is 2.96. The number of halogens is 4. The van der Waals surface area contributed by atoms with Crippen LogP contribution >= 0.6 is 0 Å². The molecule has 0 saturated carbocycles. The minimum absolute atomic E-state index is 0.256. The molecule has 0 aromatic heterocycles. The van der Waals surface area contributed by atoms with Gasteiger partial charge >= 0.3 is 0 Å². The second-order valence-electron chi connectivity index (χ2n) is 4.63. The van der Waals surface area contributed by atoms with Crippen LogP contribution in [0.4, 0.5) is 17.6 Å². The highest BCUT2D eigenvalue weighted by Gasteiger charge is 2.36. The molecule has 0 heterocycles. The maximum absolute atomic E-state index is 13.8. The Hall–Kier alpha value is -1.88. The first-order valence-electron chi connectivity index (χ1n) is 6.36. The molecule has 0 bridgehead atoms. The molecular formula is C16H14F4O. The van der Waals surface area contributed by atoms with Crippen molar-refractivity contribution in [2.45, 2.75) is 11.8 Å². The van der Waals surface area contributed by atoms with Crippen molar-refractivity contribution in [3.63, 3.8) is 0 Å². The third-order valence-electron chi connectivity index (χ3n) is 2.96. The standard InChI is InChI=1S/C16H14F4O/c17-15(18,13-7-3-1-4-8-13)11-21-12-16(19,20)14-9-5-2-6-10-14/h1-10H,11-12H2. The van der Waals surface area contributed by atoms with Crippen molar-refractivity contribution in [2.24, 2.45) is 0 Å². The third kappa shape index (κ3) is 4.04. The molecule has 0 spiro atoms. The van der Waals surface area contributed by atoms with Gasteiger partial charge in [0.1, 0.15) is 13.2 Å². The van der Waals surface area contributed by atoms with Crippen molar-refractivity contribution in [1.82, 2.24) is 0 Å². The van der Waals surface area contributed by atoms with Gasteiger partial charge < -0.3 is 4.74 Å². The molecule has 5 heteroatoms. The van der Waals surface area contributed by atoms with E-state index >= 15 is 0 Å². The molecule has 0 saturated heterocycles. The summed E-state index contributed by atoms with van der Waals surface area (Å²) in [6, 6.07) is 14.0. The molecule has 112 valence electrons. The van der Waals surface area contributed by atoms with Gasteiger partial charge in [-0.15, -0.1) is 0 Å². The minimum Gasteiger partial charge on any atom is -0.368 e. The maximum Gasteiger partial charge on any atom is 0.296 e. The zero-order chi connectivity index (χ0) is 15.3. The Kier molecular flexibility index (Phi) is 4.63. The Bertz CT molecular complexity index is 504. The monoisotopic (exact) mass is 298 g/mol. The van der Waals surface area contributed by atoms with E-state index in [9.17, 15) is 17.6 Å². The van der Waals surface area contributed by atoms with Gasteiger partial charge in [0.2, 0.25) is 0 Å². The molecule has 2 rings (SSSR count). The highest BCUT2D eigenvalue weighted by atomic mass is 19.3. The van der Waals surface area contributed by atoms with E-state index in [1.54, 1.807) is 12.1 Å². The lowest BCUT2D eigenvalue weighted by molar-refractivity contribution is -0.136. The van der Waals surface area contributed by atoms with Crippen LogP contribution in [0.25, 0.3) is 0 Å². The van der Waals surface area contributed by atoms with E-state index in [2.05, 4.69) is 4.74 Å². The fraction of sp³-hybridized carbons (Fsp3) is 0.250. The van der Waals surface area contributed by atoms with Gasteiger partial charge in [0.15, 0.2) is 0 Å². The summed E-state index contributed by atoms with van der Waals surface area (Å²) in [4.78, 5) is 0.